The first-order valence-electron chi connectivity index (χ1n) is 6.67. The van der Waals surface area contributed by atoms with Gasteiger partial charge in [-0.15, -0.1) is 11.3 Å². The number of nitrogens with two attached hydrogens (primary N) is 1. The summed E-state index contributed by atoms with van der Waals surface area (Å²) >= 11 is 1.85. The maximum Gasteiger partial charge on any atom is 0.176 e. The first kappa shape index (κ1) is 14.9. The minimum Gasteiger partial charge on any atom is -0.354 e. The van der Waals surface area contributed by atoms with Crippen LogP contribution < -0.4 is 5.73 Å². The van der Waals surface area contributed by atoms with Gasteiger partial charge in [0.1, 0.15) is 0 Å². The van der Waals surface area contributed by atoms with Crippen LogP contribution in [0.4, 0.5) is 0 Å². The summed E-state index contributed by atoms with van der Waals surface area (Å²) in [6, 6.07) is 2.57. The Bertz CT molecular complexity index is 419. The average molecular weight is 284 g/mol. The third-order valence-electron chi connectivity index (χ3n) is 4.28. The van der Waals surface area contributed by atoms with Gasteiger partial charge in [-0.25, -0.2) is 0 Å². The van der Waals surface area contributed by atoms with E-state index in [1.54, 1.807) is 14.2 Å². The average Bonchev–Trinajstić information content (AvgIpc) is 2.89. The molecule has 1 aromatic rings. The molecule has 2 atom stereocenters. The molecule has 2 N–H and O–H groups in total. The SMILES string of the molecule is COC(OC)C(C)(CN)N1CCc2sccc2C1C. The zero-order valence-electron chi connectivity index (χ0n) is 12.2. The summed E-state index contributed by atoms with van der Waals surface area (Å²) < 4.78 is 11.0. The molecule has 1 aliphatic heterocycles. The number of nitrogens with zero attached hydrogens (tertiary/aromatic N) is 1. The van der Waals surface area contributed by atoms with Crippen molar-refractivity contribution in [2.75, 3.05) is 27.3 Å². The van der Waals surface area contributed by atoms with Crippen LogP contribution in [0.5, 0.6) is 0 Å². The molecular weight excluding hydrogens is 260 g/mol. The van der Waals surface area contributed by atoms with Gasteiger partial charge in [-0.1, -0.05) is 0 Å². The minimum atomic E-state index is -0.319. The van der Waals surface area contributed by atoms with Gasteiger partial charge in [0.05, 0.1) is 5.54 Å². The zero-order chi connectivity index (χ0) is 14.0. The zero-order valence-corrected chi connectivity index (χ0v) is 13.0. The topological polar surface area (TPSA) is 47.7 Å². The highest BCUT2D eigenvalue weighted by molar-refractivity contribution is 7.10. The van der Waals surface area contributed by atoms with E-state index < -0.39 is 0 Å². The van der Waals surface area contributed by atoms with E-state index in [0.29, 0.717) is 12.6 Å². The molecular formula is C14H24N2O2S. The summed E-state index contributed by atoms with van der Waals surface area (Å²) in [6.45, 7) is 5.86. The maximum atomic E-state index is 6.05. The molecule has 0 fully saturated rings. The number of methoxy groups -OCH3 is 2. The van der Waals surface area contributed by atoms with Gasteiger partial charge < -0.3 is 15.2 Å². The van der Waals surface area contributed by atoms with Crippen molar-refractivity contribution in [1.82, 2.24) is 4.90 Å². The minimum absolute atomic E-state index is 0.317. The van der Waals surface area contributed by atoms with E-state index >= 15 is 0 Å². The molecule has 0 aliphatic carbocycles. The van der Waals surface area contributed by atoms with Gasteiger partial charge in [-0.05, 0) is 37.3 Å². The molecule has 108 valence electrons. The molecule has 0 saturated heterocycles. The lowest BCUT2D eigenvalue weighted by atomic mass is 9.91. The normalized spacial score (nSPS) is 23.4. The Labute approximate surface area is 119 Å². The molecule has 0 spiro atoms. The summed E-state index contributed by atoms with van der Waals surface area (Å²) in [6.07, 6.45) is 0.757. The van der Waals surface area contributed by atoms with E-state index in [1.807, 2.05) is 11.3 Å². The van der Waals surface area contributed by atoms with Crippen LogP contribution in [0.1, 0.15) is 30.3 Å². The van der Waals surface area contributed by atoms with Crippen LogP contribution in [0.2, 0.25) is 0 Å². The third-order valence-corrected chi connectivity index (χ3v) is 5.28. The molecule has 5 heteroatoms. The van der Waals surface area contributed by atoms with Crippen molar-refractivity contribution < 1.29 is 9.47 Å². The number of thiophene rings is 1. The quantitative estimate of drug-likeness (QED) is 0.840. The third kappa shape index (κ3) is 2.45. The first-order valence-corrected chi connectivity index (χ1v) is 7.55. The first-order chi connectivity index (χ1) is 9.08. The summed E-state index contributed by atoms with van der Waals surface area (Å²) in [5.41, 5.74) is 7.15. The molecule has 0 saturated carbocycles. The van der Waals surface area contributed by atoms with Gasteiger partial charge in [0.25, 0.3) is 0 Å². The van der Waals surface area contributed by atoms with E-state index in [9.17, 15) is 0 Å². The molecule has 1 aromatic heterocycles. The molecule has 0 aromatic carbocycles. The lowest BCUT2D eigenvalue weighted by Crippen LogP contribution is -2.62. The second-order valence-electron chi connectivity index (χ2n) is 5.28. The maximum absolute atomic E-state index is 6.05. The van der Waals surface area contributed by atoms with Crippen LogP contribution in [0.3, 0.4) is 0 Å². The van der Waals surface area contributed by atoms with Crippen molar-refractivity contribution in [2.45, 2.75) is 38.1 Å². The summed E-state index contributed by atoms with van der Waals surface area (Å²) in [4.78, 5) is 3.91. The highest BCUT2D eigenvalue weighted by atomic mass is 32.1. The monoisotopic (exact) mass is 284 g/mol. The molecule has 0 bridgehead atoms. The summed E-state index contributed by atoms with van der Waals surface area (Å²) in [7, 11) is 3.35. The Morgan fingerprint density at radius 1 is 1.53 bits per heavy atom. The Kier molecular flexibility index (Phi) is 4.63. The fraction of sp³-hybridized carbons (Fsp3) is 0.714. The summed E-state index contributed by atoms with van der Waals surface area (Å²) in [5, 5.41) is 2.18. The molecule has 19 heavy (non-hydrogen) atoms. The summed E-state index contributed by atoms with van der Waals surface area (Å²) in [5.74, 6) is 0. The van der Waals surface area contributed by atoms with Crippen LogP contribution in [-0.2, 0) is 15.9 Å². The number of fused-ring (bicyclic) bond motifs is 1. The van der Waals surface area contributed by atoms with E-state index in [1.165, 1.54) is 10.4 Å². The Morgan fingerprint density at radius 2 is 2.21 bits per heavy atom. The molecule has 0 radical (unpaired) electrons. The fourth-order valence-corrected chi connectivity index (χ4v) is 4.12. The number of ether oxygens (including phenoxy) is 2. The van der Waals surface area contributed by atoms with Crippen molar-refractivity contribution in [2.24, 2.45) is 5.73 Å². The molecule has 0 amide bonds. The van der Waals surface area contributed by atoms with Gasteiger partial charge in [-0.2, -0.15) is 0 Å². The standard InChI is InChI=1S/C14H24N2O2S/c1-10-11-6-8-19-12(11)5-7-16(10)14(2,9-15)13(17-3)18-4/h6,8,10,13H,5,7,9,15H2,1-4H3. The van der Waals surface area contributed by atoms with E-state index in [-0.39, 0.29) is 11.8 Å². The van der Waals surface area contributed by atoms with E-state index in [2.05, 4.69) is 30.2 Å². The molecule has 4 nitrogen and oxygen atoms in total. The van der Waals surface area contributed by atoms with E-state index in [4.69, 9.17) is 15.2 Å². The van der Waals surface area contributed by atoms with E-state index in [0.717, 1.165) is 13.0 Å². The number of hydrogen-bond donors (Lipinski definition) is 1. The molecule has 2 unspecified atom stereocenters. The van der Waals surface area contributed by atoms with Crippen molar-refractivity contribution in [3.63, 3.8) is 0 Å². The van der Waals surface area contributed by atoms with Gasteiger partial charge in [-0.3, -0.25) is 4.90 Å². The van der Waals surface area contributed by atoms with Crippen LogP contribution in [0.25, 0.3) is 0 Å². The largest absolute Gasteiger partial charge is 0.354 e. The number of rotatable bonds is 5. The smallest absolute Gasteiger partial charge is 0.176 e. The predicted octanol–water partition coefficient (Wildman–Crippen LogP) is 2.00. The lowest BCUT2D eigenvalue weighted by Gasteiger charge is -2.49. The fourth-order valence-electron chi connectivity index (χ4n) is 3.16. The van der Waals surface area contributed by atoms with Gasteiger partial charge in [0.15, 0.2) is 6.29 Å². The van der Waals surface area contributed by atoms with Crippen molar-refractivity contribution >= 4 is 11.3 Å². The Balaban J connectivity index is 2.30. The van der Waals surface area contributed by atoms with Gasteiger partial charge in [0.2, 0.25) is 0 Å². The molecule has 2 heterocycles. The Morgan fingerprint density at radius 3 is 2.79 bits per heavy atom. The molecule has 2 rings (SSSR count). The van der Waals surface area contributed by atoms with Gasteiger partial charge >= 0.3 is 0 Å². The highest BCUT2D eigenvalue weighted by Crippen LogP contribution is 2.38. The highest BCUT2D eigenvalue weighted by Gasteiger charge is 2.43. The van der Waals surface area contributed by atoms with Crippen LogP contribution >= 0.6 is 11.3 Å². The second-order valence-corrected chi connectivity index (χ2v) is 6.28. The van der Waals surface area contributed by atoms with Crippen LogP contribution in [0.15, 0.2) is 11.4 Å². The van der Waals surface area contributed by atoms with Crippen molar-refractivity contribution in [3.05, 3.63) is 21.9 Å². The predicted molar refractivity (Wildman–Crippen MR) is 78.4 cm³/mol. The molecule has 1 aliphatic rings. The number of hydrogen-bond acceptors (Lipinski definition) is 5. The second kappa shape index (κ2) is 5.89. The lowest BCUT2D eigenvalue weighted by molar-refractivity contribution is -0.188. The van der Waals surface area contributed by atoms with Crippen molar-refractivity contribution in [1.29, 1.82) is 0 Å². The van der Waals surface area contributed by atoms with Crippen molar-refractivity contribution in [3.8, 4) is 0 Å². The Hall–Kier alpha value is -0.460. The van der Waals surface area contributed by atoms with Crippen LogP contribution in [0, 0.1) is 0 Å². The van der Waals surface area contributed by atoms with Crippen LogP contribution in [-0.4, -0.2) is 44.0 Å². The van der Waals surface area contributed by atoms with Gasteiger partial charge in [0, 0.05) is 38.2 Å².